The van der Waals surface area contributed by atoms with E-state index < -0.39 is 0 Å². The van der Waals surface area contributed by atoms with Crippen molar-refractivity contribution in [2.24, 2.45) is 0 Å². The molecule has 0 saturated heterocycles. The predicted molar refractivity (Wildman–Crippen MR) is 179 cm³/mol. The number of hydrogen-bond donors (Lipinski definition) is 0. The Hall–Kier alpha value is -4.42. The molecule has 0 heterocycles. The maximum atomic E-state index is 2.42. The lowest BCUT2D eigenvalue weighted by Crippen LogP contribution is -1.97. The summed E-state index contributed by atoms with van der Waals surface area (Å²) >= 11 is 0. The average Bonchev–Trinajstić information content (AvgIpc) is 3.38. The van der Waals surface area contributed by atoms with Crippen LogP contribution in [0.5, 0.6) is 0 Å². The molecular formula is C42H36. The van der Waals surface area contributed by atoms with Gasteiger partial charge < -0.3 is 0 Å². The Morgan fingerprint density at radius 2 is 0.738 bits per heavy atom. The third kappa shape index (κ3) is 4.38. The van der Waals surface area contributed by atoms with Gasteiger partial charge in [0.1, 0.15) is 0 Å². The summed E-state index contributed by atoms with van der Waals surface area (Å²) in [7, 11) is 0. The molecule has 0 unspecified atom stereocenters. The largest absolute Gasteiger partial charge is 0.0620 e. The van der Waals surface area contributed by atoms with Gasteiger partial charge >= 0.3 is 0 Å². The van der Waals surface area contributed by atoms with Gasteiger partial charge in [0.25, 0.3) is 0 Å². The Morgan fingerprint density at radius 1 is 0.310 bits per heavy atom. The summed E-state index contributed by atoms with van der Waals surface area (Å²) in [6.45, 7) is 0. The fourth-order valence-corrected chi connectivity index (χ4v) is 7.53. The molecule has 0 spiro atoms. The Morgan fingerprint density at radius 3 is 1.24 bits per heavy atom. The Kier molecular flexibility index (Phi) is 6.49. The predicted octanol–water partition coefficient (Wildman–Crippen LogP) is 11.3. The number of benzene rings is 6. The van der Waals surface area contributed by atoms with Crippen molar-refractivity contribution < 1.29 is 0 Å². The third-order valence-electron chi connectivity index (χ3n) is 9.61. The maximum Gasteiger partial charge on any atom is -0.00138 e. The number of rotatable bonds is 0. The highest BCUT2D eigenvalue weighted by atomic mass is 14.3. The fourth-order valence-electron chi connectivity index (χ4n) is 7.53. The van der Waals surface area contributed by atoms with Crippen LogP contribution in [0.3, 0.4) is 0 Å². The Balaban J connectivity index is 1.34. The molecular weight excluding hydrogens is 504 g/mol. The van der Waals surface area contributed by atoms with Gasteiger partial charge in [-0.05, 0) is 129 Å². The summed E-state index contributed by atoms with van der Waals surface area (Å²) in [4.78, 5) is 0. The maximum absolute atomic E-state index is 2.42. The van der Waals surface area contributed by atoms with Gasteiger partial charge in [0.15, 0.2) is 0 Å². The second kappa shape index (κ2) is 10.8. The summed E-state index contributed by atoms with van der Waals surface area (Å²) in [6, 6.07) is 46.3. The van der Waals surface area contributed by atoms with E-state index in [1.165, 1.54) is 103 Å². The van der Waals surface area contributed by atoms with Crippen LogP contribution < -0.4 is 0 Å². The minimum Gasteiger partial charge on any atom is -0.0620 e. The zero-order chi connectivity index (χ0) is 27.9. The van der Waals surface area contributed by atoms with Crippen LogP contribution in [0, 0.1) is 0 Å². The standard InChI is InChI=1S/C42H36/c1-3-13-31-15-5-7-19-34(31)36-27-28-37(42-39-22-10-18-33-17-9-21-38(40(33)39)41(36)42)35-20-8-6-16-32(35)14-4-2-12-30-25-23-29(11-1)24-26-30/h5-10,15-28H,1-4,11-14H2. The minimum atomic E-state index is 1.10. The lowest BCUT2D eigenvalue weighted by atomic mass is 9.84. The van der Waals surface area contributed by atoms with Crippen LogP contribution >= 0.6 is 0 Å². The molecule has 5 aliphatic rings. The molecule has 0 heteroatoms. The highest BCUT2D eigenvalue weighted by molar-refractivity contribution is 6.21. The van der Waals surface area contributed by atoms with E-state index in [9.17, 15) is 0 Å². The van der Waals surface area contributed by atoms with E-state index in [4.69, 9.17) is 0 Å². The van der Waals surface area contributed by atoms with E-state index in [0.29, 0.717) is 0 Å². The van der Waals surface area contributed by atoms with Crippen molar-refractivity contribution in [2.45, 2.75) is 51.4 Å². The van der Waals surface area contributed by atoms with Crippen LogP contribution in [0.1, 0.15) is 47.9 Å². The molecule has 0 aromatic heterocycles. The molecule has 42 heavy (non-hydrogen) atoms. The van der Waals surface area contributed by atoms with Crippen LogP contribution in [-0.4, -0.2) is 0 Å². The van der Waals surface area contributed by atoms with Crippen LogP contribution in [0.2, 0.25) is 0 Å². The second-order valence-electron chi connectivity index (χ2n) is 12.2. The van der Waals surface area contributed by atoms with Crippen molar-refractivity contribution in [2.75, 3.05) is 0 Å². The normalized spacial score (nSPS) is 14.4. The molecule has 0 atom stereocenters. The van der Waals surface area contributed by atoms with Crippen molar-refractivity contribution in [1.29, 1.82) is 0 Å². The topological polar surface area (TPSA) is 0 Å². The highest BCUT2D eigenvalue weighted by Gasteiger charge is 2.28. The van der Waals surface area contributed by atoms with E-state index in [1.54, 1.807) is 0 Å². The molecule has 5 aliphatic carbocycles. The van der Waals surface area contributed by atoms with Crippen molar-refractivity contribution >= 4 is 10.8 Å². The smallest absolute Gasteiger partial charge is 0.00138 e. The van der Waals surface area contributed by atoms with Gasteiger partial charge in [0, 0.05) is 0 Å². The van der Waals surface area contributed by atoms with Crippen LogP contribution in [0.15, 0.2) is 121 Å². The van der Waals surface area contributed by atoms with Gasteiger partial charge in [-0.3, -0.25) is 0 Å². The minimum absolute atomic E-state index is 1.10. The zero-order valence-corrected chi connectivity index (χ0v) is 24.2. The van der Waals surface area contributed by atoms with Crippen molar-refractivity contribution in [3.05, 3.63) is 144 Å². The molecule has 6 aromatic carbocycles. The van der Waals surface area contributed by atoms with Crippen molar-refractivity contribution in [1.82, 2.24) is 0 Å². The molecule has 4 bridgehead atoms. The van der Waals surface area contributed by atoms with Crippen LogP contribution in [0.4, 0.5) is 0 Å². The monoisotopic (exact) mass is 540 g/mol. The summed E-state index contributed by atoms with van der Waals surface area (Å²) in [5.74, 6) is 0. The van der Waals surface area contributed by atoms with Gasteiger partial charge in [-0.2, -0.15) is 0 Å². The number of aryl methyl sites for hydroxylation is 4. The molecule has 204 valence electrons. The van der Waals surface area contributed by atoms with Crippen molar-refractivity contribution in [3.8, 4) is 44.5 Å². The Bertz CT molecular complexity index is 1790. The van der Waals surface area contributed by atoms with E-state index >= 15 is 0 Å². The molecule has 0 fully saturated rings. The van der Waals surface area contributed by atoms with E-state index in [0.717, 1.165) is 25.7 Å². The van der Waals surface area contributed by atoms with Gasteiger partial charge in [-0.25, -0.2) is 0 Å². The first-order valence-corrected chi connectivity index (χ1v) is 15.8. The average molecular weight is 541 g/mol. The van der Waals surface area contributed by atoms with E-state index in [-0.39, 0.29) is 0 Å². The second-order valence-corrected chi connectivity index (χ2v) is 12.2. The van der Waals surface area contributed by atoms with Crippen LogP contribution in [-0.2, 0) is 25.7 Å². The first-order valence-electron chi connectivity index (χ1n) is 15.8. The molecule has 0 N–H and O–H groups in total. The molecule has 11 rings (SSSR count). The molecule has 6 aromatic rings. The number of hydrogen-bond acceptors (Lipinski definition) is 0. The quantitative estimate of drug-likeness (QED) is 0.179. The summed E-state index contributed by atoms with van der Waals surface area (Å²) in [5, 5.41) is 2.73. The first kappa shape index (κ1) is 25.3. The molecule has 0 nitrogen and oxygen atoms in total. The van der Waals surface area contributed by atoms with Crippen molar-refractivity contribution in [3.63, 3.8) is 0 Å². The summed E-state index contributed by atoms with van der Waals surface area (Å²) < 4.78 is 0. The van der Waals surface area contributed by atoms with Gasteiger partial charge in [-0.15, -0.1) is 0 Å². The summed E-state index contributed by atoms with van der Waals surface area (Å²) in [6.07, 6.45) is 9.33. The lowest BCUT2D eigenvalue weighted by molar-refractivity contribution is 0.729. The summed E-state index contributed by atoms with van der Waals surface area (Å²) in [5.41, 5.74) is 17.0. The Labute approximate surface area is 249 Å². The molecule has 0 saturated carbocycles. The molecule has 0 radical (unpaired) electrons. The van der Waals surface area contributed by atoms with E-state index in [1.807, 2.05) is 0 Å². The highest BCUT2D eigenvalue weighted by Crippen LogP contribution is 2.55. The van der Waals surface area contributed by atoms with Gasteiger partial charge in [0.2, 0.25) is 0 Å². The molecule has 0 amide bonds. The van der Waals surface area contributed by atoms with E-state index in [2.05, 4.69) is 121 Å². The SMILES string of the molecule is c1ccc2c(c1)CCCCc1ccc(cc1)CCCCc1ccccc1-c1ccc-2c2c1-c1cccc3cccc-2c13. The third-order valence-corrected chi connectivity index (χ3v) is 9.61. The van der Waals surface area contributed by atoms with Crippen LogP contribution in [0.25, 0.3) is 55.3 Å². The first-order chi connectivity index (χ1) is 20.8. The lowest BCUT2D eigenvalue weighted by Gasteiger charge is -2.19. The fraction of sp³-hybridized carbons (Fsp3) is 0.190. The molecule has 0 aliphatic heterocycles. The zero-order valence-electron chi connectivity index (χ0n) is 24.2. The van der Waals surface area contributed by atoms with Gasteiger partial charge in [-0.1, -0.05) is 121 Å². The van der Waals surface area contributed by atoms with Gasteiger partial charge in [0.05, 0.1) is 0 Å².